The van der Waals surface area contributed by atoms with E-state index in [9.17, 15) is 4.79 Å². The lowest BCUT2D eigenvalue weighted by Crippen LogP contribution is -2.36. The van der Waals surface area contributed by atoms with E-state index in [0.717, 1.165) is 19.5 Å². The number of aryl methyl sites for hydroxylation is 1. The molecule has 1 aliphatic heterocycles. The van der Waals surface area contributed by atoms with E-state index in [4.69, 9.17) is 4.74 Å². The molecule has 1 unspecified atom stereocenters. The number of carbonyl (C=O) groups excluding carboxylic acids is 1. The lowest BCUT2D eigenvalue weighted by Gasteiger charge is -2.25. The fourth-order valence-electron chi connectivity index (χ4n) is 3.01. The zero-order valence-corrected chi connectivity index (χ0v) is 13.4. The van der Waals surface area contributed by atoms with Gasteiger partial charge in [0, 0.05) is 24.4 Å². The third kappa shape index (κ3) is 2.55. The Kier molecular flexibility index (Phi) is 3.27. The van der Waals surface area contributed by atoms with Gasteiger partial charge in [-0.2, -0.15) is 0 Å². The van der Waals surface area contributed by atoms with Crippen molar-refractivity contribution in [2.45, 2.75) is 45.6 Å². The fraction of sp³-hybridized carbons (Fsp3) is 0.733. The molecule has 1 aromatic rings. The van der Waals surface area contributed by atoms with Crippen LogP contribution in [0.3, 0.4) is 0 Å². The van der Waals surface area contributed by atoms with Gasteiger partial charge in [0.25, 0.3) is 0 Å². The summed E-state index contributed by atoms with van der Waals surface area (Å²) in [5, 5.41) is 3.43. The lowest BCUT2D eigenvalue weighted by atomic mass is 10.2. The molecule has 0 bridgehead atoms. The van der Waals surface area contributed by atoms with E-state index in [1.165, 1.54) is 10.7 Å². The summed E-state index contributed by atoms with van der Waals surface area (Å²) in [5.41, 5.74) is 0.785. The maximum absolute atomic E-state index is 12.0. The summed E-state index contributed by atoms with van der Waals surface area (Å²) in [7, 11) is 0. The number of aromatic nitrogens is 1. The van der Waals surface area contributed by atoms with Gasteiger partial charge in [0.2, 0.25) is 0 Å². The molecule has 1 amide bonds. The Morgan fingerprint density at radius 2 is 2.10 bits per heavy atom. The van der Waals surface area contributed by atoms with Crippen molar-refractivity contribution in [2.75, 3.05) is 13.1 Å². The molecule has 2 heterocycles. The number of hydrogen-bond donors (Lipinski definition) is 0. The maximum atomic E-state index is 12.0. The molecule has 4 nitrogen and oxygen atoms in total. The summed E-state index contributed by atoms with van der Waals surface area (Å²) in [4.78, 5) is 18.6. The number of ether oxygens (including phenoxy) is 1. The van der Waals surface area contributed by atoms with Gasteiger partial charge in [-0.15, -0.1) is 11.3 Å². The number of fused-ring (bicyclic) bond motifs is 1. The SMILES string of the molecule is CCc1csc(C2[C@H]3CN(C(=O)OC(C)(C)C)C[C@@H]23)n1. The summed E-state index contributed by atoms with van der Waals surface area (Å²) in [6, 6.07) is 0. The smallest absolute Gasteiger partial charge is 0.410 e. The minimum atomic E-state index is -0.408. The topological polar surface area (TPSA) is 42.4 Å². The first kappa shape index (κ1) is 13.9. The summed E-state index contributed by atoms with van der Waals surface area (Å²) in [6.07, 6.45) is 0.833. The summed E-state index contributed by atoms with van der Waals surface area (Å²) < 4.78 is 5.43. The monoisotopic (exact) mass is 294 g/mol. The minimum absolute atomic E-state index is 0.170. The van der Waals surface area contributed by atoms with Crippen molar-refractivity contribution >= 4 is 17.4 Å². The van der Waals surface area contributed by atoms with Gasteiger partial charge in [0.1, 0.15) is 5.60 Å². The Bertz CT molecular complexity index is 508. The lowest BCUT2D eigenvalue weighted by molar-refractivity contribution is 0.0271. The third-order valence-electron chi connectivity index (χ3n) is 4.06. The molecule has 20 heavy (non-hydrogen) atoms. The van der Waals surface area contributed by atoms with E-state index in [2.05, 4.69) is 17.3 Å². The first-order valence-corrected chi connectivity index (χ1v) is 8.19. The highest BCUT2D eigenvalue weighted by molar-refractivity contribution is 7.09. The van der Waals surface area contributed by atoms with Crippen LogP contribution in [0.4, 0.5) is 4.79 Å². The molecule has 0 aromatic carbocycles. The molecule has 5 heteroatoms. The molecular formula is C15H22N2O2S. The van der Waals surface area contributed by atoms with E-state index >= 15 is 0 Å². The molecule has 1 aromatic heterocycles. The van der Waals surface area contributed by atoms with Crippen LogP contribution in [0, 0.1) is 11.8 Å². The van der Waals surface area contributed by atoms with Crippen molar-refractivity contribution in [1.82, 2.24) is 9.88 Å². The summed E-state index contributed by atoms with van der Waals surface area (Å²) in [5.74, 6) is 1.77. The summed E-state index contributed by atoms with van der Waals surface area (Å²) >= 11 is 1.78. The van der Waals surface area contributed by atoms with E-state index in [0.29, 0.717) is 17.8 Å². The van der Waals surface area contributed by atoms with E-state index in [1.807, 2.05) is 25.7 Å². The van der Waals surface area contributed by atoms with Crippen LogP contribution in [-0.2, 0) is 11.2 Å². The van der Waals surface area contributed by atoms with Crippen molar-refractivity contribution in [3.8, 4) is 0 Å². The number of carbonyl (C=O) groups is 1. The standard InChI is InChI=1S/C15H22N2O2S/c1-5-9-8-20-13(16-9)12-10-6-17(7-11(10)12)14(18)19-15(2,3)4/h8,10-12H,5-7H2,1-4H3/t10-,11+,12?. The maximum Gasteiger partial charge on any atom is 0.410 e. The van der Waals surface area contributed by atoms with Crippen LogP contribution in [0.5, 0.6) is 0 Å². The van der Waals surface area contributed by atoms with Crippen LogP contribution >= 0.6 is 11.3 Å². The molecule has 0 N–H and O–H groups in total. The van der Waals surface area contributed by atoms with Crippen LogP contribution in [0.25, 0.3) is 0 Å². The molecule has 2 fully saturated rings. The van der Waals surface area contributed by atoms with Crippen molar-refractivity contribution in [1.29, 1.82) is 0 Å². The molecule has 110 valence electrons. The molecule has 3 atom stereocenters. The normalized spacial score (nSPS) is 28.4. The first-order chi connectivity index (χ1) is 9.39. The zero-order valence-electron chi connectivity index (χ0n) is 12.5. The van der Waals surface area contributed by atoms with Gasteiger partial charge in [-0.05, 0) is 39.0 Å². The molecule has 1 saturated heterocycles. The average molecular weight is 294 g/mol. The average Bonchev–Trinajstić information content (AvgIpc) is 2.80. The van der Waals surface area contributed by atoms with Crippen LogP contribution < -0.4 is 0 Å². The number of piperidine rings is 1. The van der Waals surface area contributed by atoms with Crippen LogP contribution in [0.15, 0.2) is 5.38 Å². The van der Waals surface area contributed by atoms with Gasteiger partial charge in [-0.3, -0.25) is 0 Å². The second-order valence-electron chi connectivity index (χ2n) is 6.77. The summed E-state index contributed by atoms with van der Waals surface area (Å²) in [6.45, 7) is 9.51. The predicted octanol–water partition coefficient (Wildman–Crippen LogP) is 3.29. The van der Waals surface area contributed by atoms with E-state index < -0.39 is 5.60 Å². The highest BCUT2D eigenvalue weighted by Crippen LogP contribution is 2.58. The second-order valence-corrected chi connectivity index (χ2v) is 7.66. The van der Waals surface area contributed by atoms with Gasteiger partial charge in [-0.25, -0.2) is 9.78 Å². The Morgan fingerprint density at radius 3 is 2.60 bits per heavy atom. The van der Waals surface area contributed by atoms with Crippen LogP contribution in [0.2, 0.25) is 0 Å². The number of amides is 1. The molecular weight excluding hydrogens is 272 g/mol. The molecule has 1 saturated carbocycles. The first-order valence-electron chi connectivity index (χ1n) is 7.31. The zero-order chi connectivity index (χ0) is 14.5. The Morgan fingerprint density at radius 1 is 1.45 bits per heavy atom. The third-order valence-corrected chi connectivity index (χ3v) is 5.06. The van der Waals surface area contributed by atoms with Crippen molar-refractivity contribution in [3.05, 3.63) is 16.1 Å². The highest BCUT2D eigenvalue weighted by atomic mass is 32.1. The van der Waals surface area contributed by atoms with Crippen molar-refractivity contribution in [3.63, 3.8) is 0 Å². The molecule has 1 aliphatic carbocycles. The van der Waals surface area contributed by atoms with E-state index in [1.54, 1.807) is 11.3 Å². The number of rotatable bonds is 2. The Labute approximate surface area is 124 Å². The number of thiazole rings is 1. The van der Waals surface area contributed by atoms with Gasteiger partial charge < -0.3 is 9.64 Å². The van der Waals surface area contributed by atoms with Crippen molar-refractivity contribution < 1.29 is 9.53 Å². The fourth-order valence-corrected chi connectivity index (χ4v) is 4.16. The quantitative estimate of drug-likeness (QED) is 0.840. The minimum Gasteiger partial charge on any atom is -0.444 e. The Hall–Kier alpha value is -1.10. The largest absolute Gasteiger partial charge is 0.444 e. The van der Waals surface area contributed by atoms with Gasteiger partial charge in [0.05, 0.1) is 10.7 Å². The molecule has 0 radical (unpaired) electrons. The number of likely N-dealkylation sites (tertiary alicyclic amines) is 1. The number of nitrogens with zero attached hydrogens (tertiary/aromatic N) is 2. The van der Waals surface area contributed by atoms with Gasteiger partial charge in [0.15, 0.2) is 0 Å². The highest BCUT2D eigenvalue weighted by Gasteiger charge is 2.58. The van der Waals surface area contributed by atoms with Crippen LogP contribution in [0.1, 0.15) is 44.3 Å². The molecule has 3 rings (SSSR count). The van der Waals surface area contributed by atoms with Gasteiger partial charge >= 0.3 is 6.09 Å². The van der Waals surface area contributed by atoms with Crippen molar-refractivity contribution in [2.24, 2.45) is 11.8 Å². The molecule has 2 aliphatic rings. The number of hydrogen-bond acceptors (Lipinski definition) is 4. The Balaban J connectivity index is 1.56. The van der Waals surface area contributed by atoms with Crippen LogP contribution in [-0.4, -0.2) is 34.7 Å². The van der Waals surface area contributed by atoms with E-state index in [-0.39, 0.29) is 6.09 Å². The predicted molar refractivity (Wildman–Crippen MR) is 79.0 cm³/mol. The molecule has 0 spiro atoms. The van der Waals surface area contributed by atoms with Gasteiger partial charge in [-0.1, -0.05) is 6.92 Å². The second kappa shape index (κ2) is 4.72.